The van der Waals surface area contributed by atoms with Gasteiger partial charge in [-0.2, -0.15) is 0 Å². The normalized spacial score (nSPS) is 20.0. The van der Waals surface area contributed by atoms with Crippen molar-refractivity contribution in [1.82, 2.24) is 0 Å². The Labute approximate surface area is 143 Å². The van der Waals surface area contributed by atoms with E-state index in [0.717, 1.165) is 28.5 Å². The first kappa shape index (κ1) is 15.9. The number of hydrogen-bond donors (Lipinski definition) is 2. The zero-order chi connectivity index (χ0) is 16.6. The Morgan fingerprint density at radius 1 is 1.09 bits per heavy atom. The van der Waals surface area contributed by atoms with Crippen molar-refractivity contribution in [3.8, 4) is 0 Å². The molecule has 0 saturated carbocycles. The smallest absolute Gasteiger partial charge is 0.0664 e. The van der Waals surface area contributed by atoms with E-state index in [0.29, 0.717) is 0 Å². The molecule has 0 aliphatic carbocycles. The minimum absolute atomic E-state index is 0.0326. The van der Waals surface area contributed by atoms with Crippen LogP contribution in [0.1, 0.15) is 39.7 Å². The summed E-state index contributed by atoms with van der Waals surface area (Å²) in [6.45, 7) is 8.83. The van der Waals surface area contributed by atoms with E-state index in [-0.39, 0.29) is 5.54 Å². The maximum absolute atomic E-state index is 6.59. The molecular formula is C20H23ClN2. The summed E-state index contributed by atoms with van der Waals surface area (Å²) in [4.78, 5) is 0. The summed E-state index contributed by atoms with van der Waals surface area (Å²) < 4.78 is 0. The summed E-state index contributed by atoms with van der Waals surface area (Å²) in [6.07, 6.45) is 1.02. The van der Waals surface area contributed by atoms with Gasteiger partial charge in [-0.1, -0.05) is 36.7 Å². The molecule has 0 fully saturated rings. The Balaban J connectivity index is 2.05. The van der Waals surface area contributed by atoms with Gasteiger partial charge in [-0.25, -0.2) is 0 Å². The molecule has 1 unspecified atom stereocenters. The highest BCUT2D eigenvalue weighted by Crippen LogP contribution is 2.44. The van der Waals surface area contributed by atoms with Crippen LogP contribution in [0.3, 0.4) is 0 Å². The van der Waals surface area contributed by atoms with Crippen LogP contribution >= 0.6 is 11.6 Å². The molecule has 0 saturated heterocycles. The van der Waals surface area contributed by atoms with Gasteiger partial charge in [0.15, 0.2) is 0 Å². The molecular weight excluding hydrogens is 304 g/mol. The van der Waals surface area contributed by atoms with E-state index in [2.05, 4.69) is 44.4 Å². The van der Waals surface area contributed by atoms with Gasteiger partial charge in [0.05, 0.1) is 16.2 Å². The van der Waals surface area contributed by atoms with Crippen molar-refractivity contribution in [2.75, 3.05) is 10.6 Å². The molecule has 2 aromatic rings. The first-order valence-electron chi connectivity index (χ1n) is 8.07. The standard InChI is InChI=1S/C20H23ClN2/c1-5-20(4)14(3)13(2)17-11-16(12-18(21)19(17)23-20)22-15-9-7-6-8-10-15/h6-12,22-23H,5H2,1-4H3. The topological polar surface area (TPSA) is 24.1 Å². The van der Waals surface area contributed by atoms with Gasteiger partial charge in [0, 0.05) is 16.9 Å². The maximum atomic E-state index is 6.59. The minimum Gasteiger partial charge on any atom is -0.374 e. The first-order chi connectivity index (χ1) is 10.9. The van der Waals surface area contributed by atoms with E-state index in [4.69, 9.17) is 11.6 Å². The van der Waals surface area contributed by atoms with Crippen LogP contribution in [0.25, 0.3) is 5.57 Å². The quantitative estimate of drug-likeness (QED) is 0.675. The SMILES string of the molecule is CCC1(C)Nc2c(Cl)cc(Nc3ccccc3)cc2C(C)=C1C. The monoisotopic (exact) mass is 326 g/mol. The molecule has 120 valence electrons. The Morgan fingerprint density at radius 3 is 2.43 bits per heavy atom. The number of allylic oxidation sites excluding steroid dienone is 1. The number of benzene rings is 2. The molecule has 2 N–H and O–H groups in total. The number of para-hydroxylation sites is 1. The molecule has 3 rings (SSSR count). The van der Waals surface area contributed by atoms with Crippen molar-refractivity contribution in [1.29, 1.82) is 0 Å². The molecule has 0 radical (unpaired) electrons. The number of fused-ring (bicyclic) bond motifs is 1. The van der Waals surface area contributed by atoms with E-state index in [1.807, 2.05) is 36.4 Å². The molecule has 0 aromatic heterocycles. The average Bonchev–Trinajstić information content (AvgIpc) is 2.55. The molecule has 1 atom stereocenters. The second-order valence-electron chi connectivity index (χ2n) is 6.43. The van der Waals surface area contributed by atoms with Crippen molar-refractivity contribution < 1.29 is 0 Å². The van der Waals surface area contributed by atoms with Crippen LogP contribution in [0.4, 0.5) is 17.1 Å². The third kappa shape index (κ3) is 2.84. The van der Waals surface area contributed by atoms with Gasteiger partial charge in [0.1, 0.15) is 0 Å². The van der Waals surface area contributed by atoms with Crippen molar-refractivity contribution in [3.63, 3.8) is 0 Å². The van der Waals surface area contributed by atoms with Gasteiger partial charge < -0.3 is 10.6 Å². The number of halogens is 1. The Bertz CT molecular complexity index is 765. The van der Waals surface area contributed by atoms with Crippen LogP contribution in [0, 0.1) is 0 Å². The zero-order valence-electron chi connectivity index (χ0n) is 14.1. The van der Waals surface area contributed by atoms with Crippen LogP contribution in [-0.4, -0.2) is 5.54 Å². The lowest BCUT2D eigenvalue weighted by atomic mass is 9.81. The van der Waals surface area contributed by atoms with E-state index >= 15 is 0 Å². The molecule has 3 heteroatoms. The van der Waals surface area contributed by atoms with Gasteiger partial charge >= 0.3 is 0 Å². The number of nitrogens with one attached hydrogen (secondary N) is 2. The van der Waals surface area contributed by atoms with E-state index in [9.17, 15) is 0 Å². The molecule has 0 bridgehead atoms. The summed E-state index contributed by atoms with van der Waals surface area (Å²) in [5, 5.41) is 7.83. The molecule has 0 amide bonds. The van der Waals surface area contributed by atoms with Crippen LogP contribution in [-0.2, 0) is 0 Å². The highest BCUT2D eigenvalue weighted by Gasteiger charge is 2.32. The van der Waals surface area contributed by atoms with Gasteiger partial charge in [-0.15, -0.1) is 0 Å². The third-order valence-corrected chi connectivity index (χ3v) is 5.35. The predicted molar refractivity (Wildman–Crippen MR) is 102 cm³/mol. The van der Waals surface area contributed by atoms with Crippen molar-refractivity contribution in [3.05, 3.63) is 58.6 Å². The second-order valence-corrected chi connectivity index (χ2v) is 6.84. The fourth-order valence-electron chi connectivity index (χ4n) is 3.13. The van der Waals surface area contributed by atoms with Crippen LogP contribution in [0.2, 0.25) is 5.02 Å². The summed E-state index contributed by atoms with van der Waals surface area (Å²) in [5.74, 6) is 0. The molecule has 23 heavy (non-hydrogen) atoms. The maximum Gasteiger partial charge on any atom is 0.0664 e. The molecule has 2 aromatic carbocycles. The fraction of sp³-hybridized carbons (Fsp3) is 0.300. The molecule has 1 aliphatic rings. The highest BCUT2D eigenvalue weighted by molar-refractivity contribution is 6.34. The van der Waals surface area contributed by atoms with Gasteiger partial charge in [0.2, 0.25) is 0 Å². The lowest BCUT2D eigenvalue weighted by Crippen LogP contribution is -2.38. The second kappa shape index (κ2) is 5.93. The fourth-order valence-corrected chi connectivity index (χ4v) is 3.40. The zero-order valence-corrected chi connectivity index (χ0v) is 14.9. The molecule has 1 aliphatic heterocycles. The minimum atomic E-state index is -0.0326. The number of rotatable bonds is 3. The largest absolute Gasteiger partial charge is 0.374 e. The summed E-state index contributed by atoms with van der Waals surface area (Å²) in [6, 6.07) is 14.3. The number of hydrogen-bond acceptors (Lipinski definition) is 2. The van der Waals surface area contributed by atoms with Gasteiger partial charge in [-0.05, 0) is 62.6 Å². The lowest BCUT2D eigenvalue weighted by Gasteiger charge is -2.39. The average molecular weight is 327 g/mol. The van der Waals surface area contributed by atoms with E-state index < -0.39 is 0 Å². The first-order valence-corrected chi connectivity index (χ1v) is 8.44. The summed E-state index contributed by atoms with van der Waals surface area (Å²) in [5.41, 5.74) is 6.94. The van der Waals surface area contributed by atoms with Gasteiger partial charge in [0.25, 0.3) is 0 Å². The molecule has 2 nitrogen and oxygen atoms in total. The van der Waals surface area contributed by atoms with Crippen molar-refractivity contribution >= 4 is 34.2 Å². The molecule has 1 heterocycles. The predicted octanol–water partition coefficient (Wildman–Crippen LogP) is 6.47. The summed E-state index contributed by atoms with van der Waals surface area (Å²) >= 11 is 6.59. The summed E-state index contributed by atoms with van der Waals surface area (Å²) in [7, 11) is 0. The van der Waals surface area contributed by atoms with E-state index in [1.54, 1.807) is 0 Å². The van der Waals surface area contributed by atoms with Crippen LogP contribution in [0.15, 0.2) is 48.0 Å². The molecule has 0 spiro atoms. The number of anilines is 3. The Kier molecular flexibility index (Phi) is 4.11. The van der Waals surface area contributed by atoms with Crippen LogP contribution in [0.5, 0.6) is 0 Å². The van der Waals surface area contributed by atoms with E-state index in [1.165, 1.54) is 16.7 Å². The van der Waals surface area contributed by atoms with Gasteiger partial charge in [-0.3, -0.25) is 0 Å². The highest BCUT2D eigenvalue weighted by atomic mass is 35.5. The van der Waals surface area contributed by atoms with Crippen molar-refractivity contribution in [2.45, 2.75) is 39.7 Å². The lowest BCUT2D eigenvalue weighted by molar-refractivity contribution is 0.572. The third-order valence-electron chi connectivity index (χ3n) is 5.05. The van der Waals surface area contributed by atoms with Crippen LogP contribution < -0.4 is 10.6 Å². The Hall–Kier alpha value is -1.93. The Morgan fingerprint density at radius 2 is 1.78 bits per heavy atom. The van der Waals surface area contributed by atoms with Crippen molar-refractivity contribution in [2.24, 2.45) is 0 Å².